The Balaban J connectivity index is 1.80. The van der Waals surface area contributed by atoms with E-state index in [0.29, 0.717) is 25.3 Å². The van der Waals surface area contributed by atoms with Crippen molar-refractivity contribution in [3.05, 3.63) is 23.3 Å². The maximum absolute atomic E-state index is 11.7. The lowest BCUT2D eigenvalue weighted by atomic mass is 10.1. The molecule has 0 radical (unpaired) electrons. The van der Waals surface area contributed by atoms with Gasteiger partial charge in [-0.05, 0) is 39.4 Å². The van der Waals surface area contributed by atoms with Crippen molar-refractivity contribution in [2.24, 2.45) is 0 Å². The molecule has 1 aromatic carbocycles. The Kier molecular flexibility index (Phi) is 4.56. The number of ether oxygens (including phenoxy) is 2. The van der Waals surface area contributed by atoms with Gasteiger partial charge in [0.05, 0.1) is 18.1 Å². The number of nitrogens with zero attached hydrogens (tertiary/aromatic N) is 1. The van der Waals surface area contributed by atoms with E-state index in [0.717, 1.165) is 23.5 Å². The first-order chi connectivity index (χ1) is 10.9. The molecule has 1 saturated heterocycles. The van der Waals surface area contributed by atoms with E-state index >= 15 is 0 Å². The van der Waals surface area contributed by atoms with Gasteiger partial charge >= 0.3 is 0 Å². The summed E-state index contributed by atoms with van der Waals surface area (Å²) in [5.74, 6) is 2.37. The average Bonchev–Trinajstić information content (AvgIpc) is 3.00. The normalized spacial score (nSPS) is 25.4. The molecule has 128 valence electrons. The van der Waals surface area contributed by atoms with Crippen molar-refractivity contribution in [2.45, 2.75) is 45.4 Å². The average molecular weight is 339 g/mol. The van der Waals surface area contributed by atoms with E-state index < -0.39 is 9.84 Å². The monoisotopic (exact) mass is 339 g/mol. The standard InChI is InChI=1S/C17H25NO4S/c1-4-21-16-8-13-7-12(2)22-17(13)9-14(16)10-18(3)15-5-6-23(19,20)11-15/h8-9,12,15H,4-7,10-11H2,1-3H3/t12-,15-/m0/s1. The van der Waals surface area contributed by atoms with Crippen LogP contribution in [-0.2, 0) is 22.8 Å². The lowest BCUT2D eigenvalue weighted by molar-refractivity contribution is 0.243. The molecule has 0 spiro atoms. The number of sulfone groups is 1. The Morgan fingerprint density at radius 2 is 2.17 bits per heavy atom. The number of benzene rings is 1. The van der Waals surface area contributed by atoms with Gasteiger partial charge in [0.15, 0.2) is 9.84 Å². The van der Waals surface area contributed by atoms with Gasteiger partial charge in [0, 0.05) is 30.1 Å². The predicted molar refractivity (Wildman–Crippen MR) is 89.9 cm³/mol. The van der Waals surface area contributed by atoms with E-state index in [2.05, 4.69) is 24.0 Å². The van der Waals surface area contributed by atoms with E-state index in [9.17, 15) is 8.42 Å². The van der Waals surface area contributed by atoms with Crippen molar-refractivity contribution in [2.75, 3.05) is 25.2 Å². The van der Waals surface area contributed by atoms with Crippen molar-refractivity contribution >= 4 is 9.84 Å². The van der Waals surface area contributed by atoms with Crippen LogP contribution in [0.15, 0.2) is 12.1 Å². The Hall–Kier alpha value is -1.27. The number of rotatable bonds is 5. The first-order valence-electron chi connectivity index (χ1n) is 8.24. The van der Waals surface area contributed by atoms with Crippen molar-refractivity contribution in [3.63, 3.8) is 0 Å². The van der Waals surface area contributed by atoms with E-state index in [1.165, 1.54) is 5.56 Å². The van der Waals surface area contributed by atoms with Crippen LogP contribution in [0.2, 0.25) is 0 Å². The fourth-order valence-corrected chi connectivity index (χ4v) is 5.22. The second kappa shape index (κ2) is 6.32. The summed E-state index contributed by atoms with van der Waals surface area (Å²) in [5.41, 5.74) is 2.25. The zero-order valence-corrected chi connectivity index (χ0v) is 14.9. The van der Waals surface area contributed by atoms with E-state index in [-0.39, 0.29) is 17.9 Å². The zero-order chi connectivity index (χ0) is 16.6. The molecule has 0 bridgehead atoms. The number of fused-ring (bicyclic) bond motifs is 1. The molecule has 0 aromatic heterocycles. The lowest BCUT2D eigenvalue weighted by Gasteiger charge is -2.24. The Morgan fingerprint density at radius 3 is 2.83 bits per heavy atom. The Labute approximate surface area is 138 Å². The molecule has 0 aliphatic carbocycles. The van der Waals surface area contributed by atoms with Crippen molar-refractivity contribution < 1.29 is 17.9 Å². The highest BCUT2D eigenvalue weighted by molar-refractivity contribution is 7.91. The smallest absolute Gasteiger partial charge is 0.151 e. The molecule has 23 heavy (non-hydrogen) atoms. The summed E-state index contributed by atoms with van der Waals surface area (Å²) in [5, 5.41) is 0. The van der Waals surface area contributed by atoms with Crippen molar-refractivity contribution in [3.8, 4) is 11.5 Å². The van der Waals surface area contributed by atoms with Crippen LogP contribution < -0.4 is 9.47 Å². The fraction of sp³-hybridized carbons (Fsp3) is 0.647. The first-order valence-corrected chi connectivity index (χ1v) is 10.1. The van der Waals surface area contributed by atoms with Gasteiger partial charge < -0.3 is 9.47 Å². The third kappa shape index (κ3) is 3.63. The molecule has 5 nitrogen and oxygen atoms in total. The van der Waals surface area contributed by atoms with Gasteiger partial charge in [0.1, 0.15) is 17.6 Å². The van der Waals surface area contributed by atoms with Crippen LogP contribution >= 0.6 is 0 Å². The molecule has 2 heterocycles. The molecule has 2 atom stereocenters. The number of hydrogen-bond acceptors (Lipinski definition) is 5. The minimum atomic E-state index is -2.87. The van der Waals surface area contributed by atoms with Gasteiger partial charge in [-0.15, -0.1) is 0 Å². The van der Waals surface area contributed by atoms with Crippen LogP contribution in [0, 0.1) is 0 Å². The second-order valence-electron chi connectivity index (χ2n) is 6.61. The van der Waals surface area contributed by atoms with Crippen LogP contribution in [0.1, 0.15) is 31.4 Å². The van der Waals surface area contributed by atoms with Gasteiger partial charge in [-0.2, -0.15) is 0 Å². The quantitative estimate of drug-likeness (QED) is 0.821. The summed E-state index contributed by atoms with van der Waals surface area (Å²) in [6, 6.07) is 4.23. The molecule has 0 N–H and O–H groups in total. The van der Waals surface area contributed by atoms with E-state index in [4.69, 9.17) is 9.47 Å². The molecule has 0 unspecified atom stereocenters. The SMILES string of the molecule is CCOc1cc2c(cc1CN(C)[C@H]1CCS(=O)(=O)C1)O[C@@H](C)C2. The highest BCUT2D eigenvalue weighted by Crippen LogP contribution is 2.36. The summed E-state index contributed by atoms with van der Waals surface area (Å²) in [6.07, 6.45) is 1.82. The predicted octanol–water partition coefficient (Wildman–Crippen LogP) is 2.03. The summed E-state index contributed by atoms with van der Waals surface area (Å²) < 4.78 is 35.0. The van der Waals surface area contributed by atoms with Gasteiger partial charge in [0.2, 0.25) is 0 Å². The first kappa shape index (κ1) is 16.6. The summed E-state index contributed by atoms with van der Waals surface area (Å²) in [6.45, 7) is 5.32. The van der Waals surface area contributed by atoms with Crippen LogP contribution in [0.4, 0.5) is 0 Å². The van der Waals surface area contributed by atoms with Gasteiger partial charge in [-0.25, -0.2) is 8.42 Å². The molecule has 3 rings (SSSR count). The van der Waals surface area contributed by atoms with Crippen molar-refractivity contribution in [1.29, 1.82) is 0 Å². The molecule has 6 heteroatoms. The van der Waals surface area contributed by atoms with Gasteiger partial charge in [-0.3, -0.25) is 4.90 Å². The highest BCUT2D eigenvalue weighted by Gasteiger charge is 2.31. The summed E-state index contributed by atoms with van der Waals surface area (Å²) in [4.78, 5) is 2.12. The lowest BCUT2D eigenvalue weighted by Crippen LogP contribution is -2.32. The highest BCUT2D eigenvalue weighted by atomic mass is 32.2. The summed E-state index contributed by atoms with van der Waals surface area (Å²) >= 11 is 0. The maximum atomic E-state index is 11.7. The number of hydrogen-bond donors (Lipinski definition) is 0. The van der Waals surface area contributed by atoms with Crippen molar-refractivity contribution in [1.82, 2.24) is 4.90 Å². The van der Waals surface area contributed by atoms with Gasteiger partial charge in [0.25, 0.3) is 0 Å². The van der Waals surface area contributed by atoms with Crippen LogP contribution in [-0.4, -0.2) is 50.6 Å². The topological polar surface area (TPSA) is 55.8 Å². The minimum absolute atomic E-state index is 0.0857. The minimum Gasteiger partial charge on any atom is -0.494 e. The molecular weight excluding hydrogens is 314 g/mol. The summed E-state index contributed by atoms with van der Waals surface area (Å²) in [7, 11) is -0.883. The molecule has 1 aromatic rings. The largest absolute Gasteiger partial charge is 0.494 e. The molecule has 2 aliphatic rings. The van der Waals surface area contributed by atoms with Crippen LogP contribution in [0.5, 0.6) is 11.5 Å². The maximum Gasteiger partial charge on any atom is 0.151 e. The molecule has 1 fully saturated rings. The van der Waals surface area contributed by atoms with Gasteiger partial charge in [-0.1, -0.05) is 0 Å². The molecule has 2 aliphatic heterocycles. The van der Waals surface area contributed by atoms with E-state index in [1.807, 2.05) is 14.0 Å². The van der Waals surface area contributed by atoms with Crippen LogP contribution in [0.3, 0.4) is 0 Å². The second-order valence-corrected chi connectivity index (χ2v) is 8.83. The third-order valence-corrected chi connectivity index (χ3v) is 6.38. The van der Waals surface area contributed by atoms with E-state index in [1.54, 1.807) is 0 Å². The molecule has 0 amide bonds. The van der Waals surface area contributed by atoms with Crippen LogP contribution in [0.25, 0.3) is 0 Å². The zero-order valence-electron chi connectivity index (χ0n) is 14.0. The molecular formula is C17H25NO4S. The Morgan fingerprint density at radius 1 is 1.39 bits per heavy atom. The Bertz CT molecular complexity index is 686. The fourth-order valence-electron chi connectivity index (χ4n) is 3.42. The molecule has 0 saturated carbocycles. The third-order valence-electron chi connectivity index (χ3n) is 4.63.